The molecule has 1 aromatic heterocycles. The molecular formula is C25H34N4O3. The second kappa shape index (κ2) is 11.0. The van der Waals surface area contributed by atoms with E-state index in [9.17, 15) is 4.79 Å². The molecule has 0 fully saturated rings. The van der Waals surface area contributed by atoms with Crippen LogP contribution in [-0.4, -0.2) is 42.1 Å². The average Bonchev–Trinajstić information content (AvgIpc) is 2.79. The highest BCUT2D eigenvalue weighted by Crippen LogP contribution is 2.27. The molecule has 0 aliphatic carbocycles. The maximum atomic E-state index is 12.2. The first-order valence-corrected chi connectivity index (χ1v) is 11.3. The number of unbranched alkanes of at least 4 members (excludes halogenated alkanes) is 2. The van der Waals surface area contributed by atoms with E-state index in [-0.39, 0.29) is 5.97 Å². The Morgan fingerprint density at radius 3 is 2.78 bits per heavy atom. The van der Waals surface area contributed by atoms with Gasteiger partial charge in [-0.2, -0.15) is 0 Å². The molecule has 0 spiro atoms. The first-order valence-electron chi connectivity index (χ1n) is 11.3. The Bertz CT molecular complexity index is 987. The molecule has 7 nitrogen and oxygen atoms in total. The number of guanidine groups is 1. The number of hydrogen-bond donors (Lipinski definition) is 1. The van der Waals surface area contributed by atoms with Crippen LogP contribution in [0.5, 0.6) is 5.75 Å². The summed E-state index contributed by atoms with van der Waals surface area (Å²) in [7, 11) is 1.68. The van der Waals surface area contributed by atoms with Crippen LogP contribution in [0.2, 0.25) is 0 Å². The minimum absolute atomic E-state index is 0.312. The van der Waals surface area contributed by atoms with Crippen LogP contribution in [0.3, 0.4) is 0 Å². The van der Waals surface area contributed by atoms with E-state index in [1.165, 1.54) is 12.8 Å². The topological polar surface area (TPSA) is 76.0 Å². The highest BCUT2D eigenvalue weighted by Gasteiger charge is 2.22. The Hall–Kier alpha value is -3.09. The van der Waals surface area contributed by atoms with Crippen LogP contribution >= 0.6 is 0 Å². The van der Waals surface area contributed by atoms with Crippen molar-refractivity contribution < 1.29 is 14.3 Å². The highest BCUT2D eigenvalue weighted by atomic mass is 16.5. The number of nitrogens with one attached hydrogen (secondary N) is 1. The molecule has 1 aromatic carbocycles. The van der Waals surface area contributed by atoms with Crippen molar-refractivity contribution in [1.29, 1.82) is 0 Å². The smallest absolute Gasteiger partial charge is 0.338 e. The van der Waals surface area contributed by atoms with Crippen molar-refractivity contribution in [1.82, 2.24) is 9.88 Å². The third-order valence-corrected chi connectivity index (χ3v) is 5.69. The van der Waals surface area contributed by atoms with E-state index in [0.717, 1.165) is 59.3 Å². The van der Waals surface area contributed by atoms with Gasteiger partial charge in [-0.05, 0) is 44.9 Å². The fraction of sp³-hybridized carbons (Fsp3) is 0.480. The Morgan fingerprint density at radius 1 is 1.25 bits per heavy atom. The summed E-state index contributed by atoms with van der Waals surface area (Å²) in [5.41, 5.74) is 5.49. The molecule has 7 heteroatoms. The van der Waals surface area contributed by atoms with Crippen molar-refractivity contribution in [2.24, 2.45) is 4.99 Å². The van der Waals surface area contributed by atoms with Gasteiger partial charge in [-0.15, -0.1) is 0 Å². The van der Waals surface area contributed by atoms with Crippen LogP contribution in [0.15, 0.2) is 29.4 Å². The van der Waals surface area contributed by atoms with E-state index in [1.54, 1.807) is 7.11 Å². The molecule has 0 bridgehead atoms. The number of rotatable bonds is 9. The van der Waals surface area contributed by atoms with Crippen LogP contribution in [0.4, 0.5) is 5.69 Å². The molecule has 0 amide bonds. The molecule has 1 aliphatic heterocycles. The lowest BCUT2D eigenvalue weighted by Gasteiger charge is -2.33. The van der Waals surface area contributed by atoms with Gasteiger partial charge >= 0.3 is 5.97 Å². The number of fused-ring (bicyclic) bond motifs is 1. The summed E-state index contributed by atoms with van der Waals surface area (Å²) in [6, 6.07) is 5.68. The predicted molar refractivity (Wildman–Crippen MR) is 127 cm³/mol. The third-order valence-electron chi connectivity index (χ3n) is 5.69. The third kappa shape index (κ3) is 5.39. The second-order valence-corrected chi connectivity index (χ2v) is 8.03. The number of aromatic nitrogens is 1. The normalized spacial score (nSPS) is 14.2. The van der Waals surface area contributed by atoms with Gasteiger partial charge < -0.3 is 19.7 Å². The van der Waals surface area contributed by atoms with Crippen molar-refractivity contribution >= 4 is 17.6 Å². The lowest BCUT2D eigenvalue weighted by atomic mass is 10.1. The molecule has 0 saturated heterocycles. The average molecular weight is 439 g/mol. The van der Waals surface area contributed by atoms with Crippen LogP contribution in [0, 0.1) is 13.8 Å². The van der Waals surface area contributed by atoms with Gasteiger partial charge in [-0.25, -0.2) is 9.79 Å². The Kier molecular flexibility index (Phi) is 8.09. The molecule has 0 atom stereocenters. The van der Waals surface area contributed by atoms with E-state index in [2.05, 4.69) is 22.1 Å². The maximum Gasteiger partial charge on any atom is 0.338 e. The highest BCUT2D eigenvalue weighted by molar-refractivity contribution is 5.98. The Balaban J connectivity index is 1.88. The number of pyridine rings is 1. The first kappa shape index (κ1) is 23.6. The summed E-state index contributed by atoms with van der Waals surface area (Å²) in [6.45, 7) is 10.5. The molecular weight excluding hydrogens is 404 g/mol. The molecule has 32 heavy (non-hydrogen) atoms. The van der Waals surface area contributed by atoms with Gasteiger partial charge in [0.15, 0.2) is 5.96 Å². The van der Waals surface area contributed by atoms with Crippen LogP contribution in [-0.2, 0) is 17.8 Å². The lowest BCUT2D eigenvalue weighted by Crippen LogP contribution is -2.40. The van der Waals surface area contributed by atoms with Gasteiger partial charge in [0, 0.05) is 36.1 Å². The zero-order valence-corrected chi connectivity index (χ0v) is 19.8. The van der Waals surface area contributed by atoms with Crippen molar-refractivity contribution in [2.75, 3.05) is 25.6 Å². The number of aryl methyl sites for hydroxylation is 1. The van der Waals surface area contributed by atoms with E-state index in [0.29, 0.717) is 18.7 Å². The van der Waals surface area contributed by atoms with E-state index >= 15 is 0 Å². The summed E-state index contributed by atoms with van der Waals surface area (Å²) in [4.78, 5) is 23.9. The standard InChI is InChI=1S/C25H34N4O3/c1-6-8-9-12-29-16-20-11-10-19(24(30)32-7-2)13-21(20)28-25(29)27-15-22-18(4)23(31-5)17(3)14-26-22/h10-11,13-14H,6-9,12,15-16H2,1-5H3,(H,27,28). The minimum Gasteiger partial charge on any atom is -0.496 e. The number of aliphatic imine (C=N–C) groups is 1. The van der Waals surface area contributed by atoms with Crippen LogP contribution in [0.1, 0.15) is 65.9 Å². The van der Waals surface area contributed by atoms with Crippen LogP contribution in [0.25, 0.3) is 0 Å². The van der Waals surface area contributed by atoms with Gasteiger partial charge in [0.05, 0.1) is 31.5 Å². The minimum atomic E-state index is -0.312. The Morgan fingerprint density at radius 2 is 2.06 bits per heavy atom. The molecule has 3 rings (SSSR count). The lowest BCUT2D eigenvalue weighted by molar-refractivity contribution is 0.0526. The molecule has 2 heterocycles. The summed E-state index contributed by atoms with van der Waals surface area (Å²) >= 11 is 0. The zero-order valence-electron chi connectivity index (χ0n) is 19.8. The maximum absolute atomic E-state index is 12.2. The number of carbonyl (C=O) groups is 1. The van der Waals surface area contributed by atoms with Gasteiger partial charge in [-0.1, -0.05) is 25.8 Å². The van der Waals surface area contributed by atoms with E-state index in [4.69, 9.17) is 14.5 Å². The summed E-state index contributed by atoms with van der Waals surface area (Å²) in [5.74, 6) is 1.35. The zero-order chi connectivity index (χ0) is 23.1. The fourth-order valence-corrected chi connectivity index (χ4v) is 3.91. The molecule has 1 aliphatic rings. The molecule has 0 radical (unpaired) electrons. The summed E-state index contributed by atoms with van der Waals surface area (Å²) in [6.07, 6.45) is 5.27. The second-order valence-electron chi connectivity index (χ2n) is 8.03. The molecule has 0 saturated carbocycles. The van der Waals surface area contributed by atoms with Gasteiger partial charge in [0.1, 0.15) is 5.75 Å². The number of ether oxygens (including phenoxy) is 2. The molecule has 2 aromatic rings. The van der Waals surface area contributed by atoms with Crippen molar-refractivity contribution in [2.45, 2.75) is 60.0 Å². The summed E-state index contributed by atoms with van der Waals surface area (Å²) in [5, 5.41) is 3.45. The molecule has 172 valence electrons. The fourth-order valence-electron chi connectivity index (χ4n) is 3.91. The van der Waals surface area contributed by atoms with E-state index < -0.39 is 0 Å². The predicted octanol–water partition coefficient (Wildman–Crippen LogP) is 4.86. The van der Waals surface area contributed by atoms with Crippen molar-refractivity contribution in [3.8, 4) is 5.75 Å². The monoisotopic (exact) mass is 438 g/mol. The van der Waals surface area contributed by atoms with Crippen molar-refractivity contribution in [3.63, 3.8) is 0 Å². The van der Waals surface area contributed by atoms with Gasteiger partial charge in [0.25, 0.3) is 0 Å². The number of benzene rings is 1. The first-order chi connectivity index (χ1) is 15.5. The van der Waals surface area contributed by atoms with Crippen LogP contribution < -0.4 is 10.1 Å². The number of esters is 1. The SMILES string of the molecule is CCCCCN1Cc2ccc(C(=O)OCC)cc2NC1=NCc1ncc(C)c(OC)c1C. The van der Waals surface area contributed by atoms with E-state index in [1.807, 2.05) is 45.2 Å². The quantitative estimate of drug-likeness (QED) is 0.445. The van der Waals surface area contributed by atoms with Gasteiger partial charge in [0.2, 0.25) is 0 Å². The van der Waals surface area contributed by atoms with Crippen molar-refractivity contribution in [3.05, 3.63) is 52.3 Å². The number of anilines is 1. The summed E-state index contributed by atoms with van der Waals surface area (Å²) < 4.78 is 10.7. The molecule has 0 unspecified atom stereocenters. The number of carbonyl (C=O) groups excluding carboxylic acids is 1. The number of methoxy groups -OCH3 is 1. The largest absolute Gasteiger partial charge is 0.496 e. The number of hydrogen-bond acceptors (Lipinski definition) is 5. The molecule has 1 N–H and O–H groups in total. The number of nitrogens with zero attached hydrogens (tertiary/aromatic N) is 3. The Labute approximate surface area is 190 Å². The van der Waals surface area contributed by atoms with Gasteiger partial charge in [-0.3, -0.25) is 4.98 Å².